The van der Waals surface area contributed by atoms with E-state index in [1.54, 1.807) is 38.2 Å². The van der Waals surface area contributed by atoms with E-state index in [2.05, 4.69) is 10.4 Å². The molecular weight excluding hydrogens is 326 g/mol. The van der Waals surface area contributed by atoms with Crippen LogP contribution in [0, 0.1) is 6.92 Å². The monoisotopic (exact) mass is 341 g/mol. The Morgan fingerprint density at radius 3 is 2.62 bits per heavy atom. The second-order valence-corrected chi connectivity index (χ2v) is 5.71. The third-order valence-electron chi connectivity index (χ3n) is 3.44. The summed E-state index contributed by atoms with van der Waals surface area (Å²) >= 11 is 5.98. The van der Waals surface area contributed by atoms with Gasteiger partial charge in [-0.2, -0.15) is 5.10 Å². The molecule has 3 rings (SSSR count). The topological polar surface area (TPSA) is 56.2 Å². The van der Waals surface area contributed by atoms with Crippen molar-refractivity contribution in [1.82, 2.24) is 9.78 Å². The maximum absolute atomic E-state index is 12.7. The molecule has 0 aliphatic carbocycles. The van der Waals surface area contributed by atoms with Gasteiger partial charge >= 0.3 is 0 Å². The summed E-state index contributed by atoms with van der Waals surface area (Å²) in [5, 5.41) is 7.70. The molecule has 5 nitrogen and oxygen atoms in total. The Morgan fingerprint density at radius 2 is 1.92 bits per heavy atom. The van der Waals surface area contributed by atoms with E-state index in [1.807, 2.05) is 30.3 Å². The van der Waals surface area contributed by atoms with Crippen LogP contribution >= 0.6 is 11.6 Å². The SMILES string of the molecule is Cc1nn(C)c(Oc2cccc(Cl)c2)c1C(=O)Nc1ccccc1. The predicted octanol–water partition coefficient (Wildman–Crippen LogP) is 4.43. The number of para-hydroxylation sites is 1. The number of ether oxygens (including phenoxy) is 1. The van der Waals surface area contributed by atoms with Gasteiger partial charge in [-0.15, -0.1) is 0 Å². The summed E-state index contributed by atoms with van der Waals surface area (Å²) in [7, 11) is 1.73. The Bertz CT molecular complexity index is 875. The summed E-state index contributed by atoms with van der Waals surface area (Å²) in [5.41, 5.74) is 1.68. The second-order valence-electron chi connectivity index (χ2n) is 5.27. The molecule has 6 heteroatoms. The van der Waals surface area contributed by atoms with Crippen molar-refractivity contribution >= 4 is 23.2 Å². The van der Waals surface area contributed by atoms with Crippen LogP contribution in [0.3, 0.4) is 0 Å². The van der Waals surface area contributed by atoms with E-state index in [1.165, 1.54) is 4.68 Å². The molecule has 122 valence electrons. The molecule has 1 aromatic heterocycles. The van der Waals surface area contributed by atoms with E-state index in [9.17, 15) is 4.79 Å². The minimum atomic E-state index is -0.274. The average Bonchev–Trinajstić information content (AvgIpc) is 2.82. The zero-order valence-corrected chi connectivity index (χ0v) is 14.0. The molecule has 0 atom stereocenters. The number of hydrogen-bond donors (Lipinski definition) is 1. The lowest BCUT2D eigenvalue weighted by molar-refractivity contribution is 0.102. The molecule has 1 amide bonds. The third kappa shape index (κ3) is 3.41. The quantitative estimate of drug-likeness (QED) is 0.764. The molecule has 0 aliphatic heterocycles. The van der Waals surface area contributed by atoms with Gasteiger partial charge < -0.3 is 10.1 Å². The molecule has 0 fully saturated rings. The lowest BCUT2D eigenvalue weighted by atomic mass is 10.2. The first-order valence-electron chi connectivity index (χ1n) is 7.38. The van der Waals surface area contributed by atoms with Crippen LogP contribution in [0.5, 0.6) is 11.6 Å². The Hall–Kier alpha value is -2.79. The first-order chi connectivity index (χ1) is 11.5. The number of benzene rings is 2. The van der Waals surface area contributed by atoms with Crippen molar-refractivity contribution < 1.29 is 9.53 Å². The highest BCUT2D eigenvalue weighted by atomic mass is 35.5. The number of rotatable bonds is 4. The van der Waals surface area contributed by atoms with Crippen molar-refractivity contribution in [1.29, 1.82) is 0 Å². The molecule has 0 radical (unpaired) electrons. The van der Waals surface area contributed by atoms with Gasteiger partial charge in [0.1, 0.15) is 11.3 Å². The minimum Gasteiger partial charge on any atom is -0.438 e. The second kappa shape index (κ2) is 6.76. The molecular formula is C18H16ClN3O2. The highest BCUT2D eigenvalue weighted by molar-refractivity contribution is 6.30. The smallest absolute Gasteiger partial charge is 0.263 e. The van der Waals surface area contributed by atoms with Crippen LogP contribution in [0.15, 0.2) is 54.6 Å². The van der Waals surface area contributed by atoms with Crippen LogP contribution in [-0.4, -0.2) is 15.7 Å². The Morgan fingerprint density at radius 1 is 1.17 bits per heavy atom. The summed E-state index contributed by atoms with van der Waals surface area (Å²) in [4.78, 5) is 12.7. The lowest BCUT2D eigenvalue weighted by Gasteiger charge is -2.09. The lowest BCUT2D eigenvalue weighted by Crippen LogP contribution is -2.13. The van der Waals surface area contributed by atoms with Gasteiger partial charge in [0.05, 0.1) is 5.69 Å². The van der Waals surface area contributed by atoms with Crippen LogP contribution < -0.4 is 10.1 Å². The molecule has 0 saturated carbocycles. The number of aromatic nitrogens is 2. The standard InChI is InChI=1S/C18H16ClN3O2/c1-12-16(17(23)20-14-8-4-3-5-9-14)18(22(2)21-12)24-15-10-6-7-13(19)11-15/h3-11H,1-2H3,(H,20,23). The third-order valence-corrected chi connectivity index (χ3v) is 3.67. The van der Waals surface area contributed by atoms with E-state index in [0.717, 1.165) is 0 Å². The Kier molecular flexibility index (Phi) is 4.53. The first kappa shape index (κ1) is 16.1. The molecule has 0 saturated heterocycles. The molecule has 0 unspecified atom stereocenters. The van der Waals surface area contributed by atoms with Gasteiger partial charge in [-0.25, -0.2) is 4.68 Å². The number of hydrogen-bond acceptors (Lipinski definition) is 3. The molecule has 1 N–H and O–H groups in total. The van der Waals surface area contributed by atoms with Crippen LogP contribution in [0.1, 0.15) is 16.1 Å². The summed E-state index contributed by atoms with van der Waals surface area (Å²) in [6, 6.07) is 16.2. The number of carbonyl (C=O) groups excluding carboxylic acids is 1. The number of carbonyl (C=O) groups is 1. The molecule has 0 spiro atoms. The number of anilines is 1. The van der Waals surface area contributed by atoms with Gasteiger partial charge in [0.15, 0.2) is 0 Å². The van der Waals surface area contributed by atoms with Gasteiger partial charge in [0.2, 0.25) is 5.88 Å². The predicted molar refractivity (Wildman–Crippen MR) is 93.9 cm³/mol. The van der Waals surface area contributed by atoms with Gasteiger partial charge in [0.25, 0.3) is 5.91 Å². The largest absolute Gasteiger partial charge is 0.438 e. The Balaban J connectivity index is 1.92. The van der Waals surface area contributed by atoms with Crippen molar-refractivity contribution in [3.05, 3.63) is 70.9 Å². The van der Waals surface area contributed by atoms with Crippen molar-refractivity contribution in [2.45, 2.75) is 6.92 Å². The maximum atomic E-state index is 12.7. The van der Waals surface area contributed by atoms with Crippen molar-refractivity contribution in [3.63, 3.8) is 0 Å². The fourth-order valence-corrected chi connectivity index (χ4v) is 2.55. The summed E-state index contributed by atoms with van der Waals surface area (Å²) in [6.07, 6.45) is 0. The Labute approximate surface area is 144 Å². The molecule has 2 aromatic carbocycles. The van der Waals surface area contributed by atoms with Gasteiger partial charge in [-0.1, -0.05) is 35.9 Å². The van der Waals surface area contributed by atoms with E-state index < -0.39 is 0 Å². The van der Waals surface area contributed by atoms with E-state index >= 15 is 0 Å². The van der Waals surface area contributed by atoms with Crippen LogP contribution in [0.4, 0.5) is 5.69 Å². The minimum absolute atomic E-state index is 0.274. The summed E-state index contributed by atoms with van der Waals surface area (Å²) < 4.78 is 7.39. The fourth-order valence-electron chi connectivity index (χ4n) is 2.37. The van der Waals surface area contributed by atoms with Crippen molar-refractivity contribution in [2.24, 2.45) is 7.05 Å². The molecule has 0 aliphatic rings. The zero-order valence-electron chi connectivity index (χ0n) is 13.3. The molecule has 0 bridgehead atoms. The van der Waals surface area contributed by atoms with Gasteiger partial charge in [-0.05, 0) is 37.3 Å². The molecule has 3 aromatic rings. The highest BCUT2D eigenvalue weighted by Crippen LogP contribution is 2.29. The summed E-state index contributed by atoms with van der Waals surface area (Å²) in [6.45, 7) is 1.77. The number of halogens is 1. The van der Waals surface area contributed by atoms with E-state index in [4.69, 9.17) is 16.3 Å². The van der Waals surface area contributed by atoms with Crippen molar-refractivity contribution in [3.8, 4) is 11.6 Å². The fraction of sp³-hybridized carbons (Fsp3) is 0.111. The van der Waals surface area contributed by atoms with Gasteiger partial charge in [-0.3, -0.25) is 4.79 Å². The van der Waals surface area contributed by atoms with Crippen LogP contribution in [0.25, 0.3) is 0 Å². The van der Waals surface area contributed by atoms with E-state index in [-0.39, 0.29) is 5.91 Å². The van der Waals surface area contributed by atoms with Crippen molar-refractivity contribution in [2.75, 3.05) is 5.32 Å². The molecule has 24 heavy (non-hydrogen) atoms. The van der Waals surface area contributed by atoms with E-state index in [0.29, 0.717) is 33.6 Å². The zero-order chi connectivity index (χ0) is 17.1. The summed E-state index contributed by atoms with van der Waals surface area (Å²) in [5.74, 6) is 0.631. The van der Waals surface area contributed by atoms with Crippen LogP contribution in [-0.2, 0) is 7.05 Å². The maximum Gasteiger partial charge on any atom is 0.263 e. The number of amides is 1. The number of nitrogens with zero attached hydrogens (tertiary/aromatic N) is 2. The first-order valence-corrected chi connectivity index (χ1v) is 7.76. The van der Waals surface area contributed by atoms with Crippen LogP contribution in [0.2, 0.25) is 5.02 Å². The molecule has 1 heterocycles. The highest BCUT2D eigenvalue weighted by Gasteiger charge is 2.22. The number of nitrogens with one attached hydrogen (secondary N) is 1. The van der Waals surface area contributed by atoms with Gasteiger partial charge in [0, 0.05) is 17.8 Å². The average molecular weight is 342 g/mol. The number of aryl methyl sites for hydroxylation is 2. The normalized spacial score (nSPS) is 10.5.